The Labute approximate surface area is 114 Å². The molecule has 0 bridgehead atoms. The van der Waals surface area contributed by atoms with E-state index in [4.69, 9.17) is 0 Å². The fraction of sp³-hybridized carbons (Fsp3) is 0.611. The predicted octanol–water partition coefficient (Wildman–Crippen LogP) is 5.68. The molecule has 1 aromatic rings. The molecule has 1 aliphatic rings. The van der Waals surface area contributed by atoms with Gasteiger partial charge in [-0.1, -0.05) is 83.2 Å². The van der Waals surface area contributed by atoms with E-state index >= 15 is 0 Å². The number of benzene rings is 1. The molecule has 2 atom stereocenters. The van der Waals surface area contributed by atoms with Crippen molar-refractivity contribution in [1.82, 2.24) is 0 Å². The smallest absolute Gasteiger partial charge is 0.0248 e. The topological polar surface area (TPSA) is 0 Å². The van der Waals surface area contributed by atoms with Crippen molar-refractivity contribution in [2.75, 3.05) is 0 Å². The Hall–Kier alpha value is -0.780. The first-order valence-electron chi connectivity index (χ1n) is 7.61. The fourth-order valence-corrected chi connectivity index (χ4v) is 2.38. The van der Waals surface area contributed by atoms with Gasteiger partial charge in [-0.15, -0.1) is 0 Å². The second kappa shape index (κ2) is 9.19. The van der Waals surface area contributed by atoms with E-state index in [2.05, 4.69) is 51.1 Å². The van der Waals surface area contributed by atoms with Crippen LogP contribution in [-0.2, 0) is 6.42 Å². The van der Waals surface area contributed by atoms with E-state index in [-0.39, 0.29) is 0 Å². The Balaban J connectivity index is 0.000000232. The summed E-state index contributed by atoms with van der Waals surface area (Å²) in [6.45, 7) is 8.30. The standard InChI is InChI=1S/C12H16.C6H13/c1-10-7-8-12(10)9-11-5-3-2-4-6-11;1-3-5-6-4-2/h2-6,10,12H,7-9H2,1H3;1,3-6H2,2H3. The lowest BCUT2D eigenvalue weighted by atomic mass is 9.72. The summed E-state index contributed by atoms with van der Waals surface area (Å²) in [6.07, 6.45) is 9.25. The average Bonchev–Trinajstić information content (AvgIpc) is 2.43. The van der Waals surface area contributed by atoms with Crippen molar-refractivity contribution in [1.29, 1.82) is 0 Å². The highest BCUT2D eigenvalue weighted by molar-refractivity contribution is 5.15. The van der Waals surface area contributed by atoms with Gasteiger partial charge in [0.2, 0.25) is 0 Å². The molecule has 1 aliphatic carbocycles. The van der Waals surface area contributed by atoms with Gasteiger partial charge in [0, 0.05) is 0 Å². The largest absolute Gasteiger partial charge is 0.0654 e. The van der Waals surface area contributed by atoms with Crippen LogP contribution in [0.4, 0.5) is 0 Å². The van der Waals surface area contributed by atoms with Gasteiger partial charge in [0.25, 0.3) is 0 Å². The minimum absolute atomic E-state index is 0.963. The van der Waals surface area contributed by atoms with Crippen LogP contribution in [0.2, 0.25) is 0 Å². The Morgan fingerprint density at radius 2 is 1.83 bits per heavy atom. The summed E-state index contributed by atoms with van der Waals surface area (Å²) in [5.74, 6) is 1.93. The van der Waals surface area contributed by atoms with Crippen molar-refractivity contribution >= 4 is 0 Å². The Bertz CT molecular complexity index is 284. The van der Waals surface area contributed by atoms with Gasteiger partial charge in [-0.2, -0.15) is 0 Å². The molecule has 0 heteroatoms. The maximum atomic E-state index is 3.72. The number of hydrogen-bond donors (Lipinski definition) is 0. The Kier molecular flexibility index (Phi) is 7.80. The lowest BCUT2D eigenvalue weighted by Gasteiger charge is -2.33. The fourth-order valence-electron chi connectivity index (χ4n) is 2.38. The molecule has 0 aliphatic heterocycles. The summed E-state index contributed by atoms with van der Waals surface area (Å²) in [5, 5.41) is 0. The Morgan fingerprint density at radius 1 is 1.11 bits per heavy atom. The second-order valence-corrected chi connectivity index (χ2v) is 5.57. The van der Waals surface area contributed by atoms with Gasteiger partial charge in [-0.3, -0.25) is 0 Å². The summed E-state index contributed by atoms with van der Waals surface area (Å²) in [5.41, 5.74) is 1.51. The molecule has 1 aromatic carbocycles. The molecule has 1 radical (unpaired) electrons. The number of rotatable bonds is 5. The molecule has 1 fully saturated rings. The Morgan fingerprint density at radius 3 is 2.22 bits per heavy atom. The van der Waals surface area contributed by atoms with Crippen LogP contribution in [0.3, 0.4) is 0 Å². The van der Waals surface area contributed by atoms with E-state index in [9.17, 15) is 0 Å². The van der Waals surface area contributed by atoms with Crippen molar-refractivity contribution in [3.8, 4) is 0 Å². The van der Waals surface area contributed by atoms with Crippen molar-refractivity contribution in [2.24, 2.45) is 11.8 Å². The zero-order valence-electron chi connectivity index (χ0n) is 12.2. The third-order valence-corrected chi connectivity index (χ3v) is 3.99. The van der Waals surface area contributed by atoms with Crippen molar-refractivity contribution in [2.45, 2.75) is 58.8 Å². The minimum atomic E-state index is 0.963. The molecule has 2 rings (SSSR count). The van der Waals surface area contributed by atoms with Gasteiger partial charge in [0.1, 0.15) is 0 Å². The molecular formula is C18H29. The summed E-state index contributed by atoms with van der Waals surface area (Å²) in [7, 11) is 0. The predicted molar refractivity (Wildman–Crippen MR) is 81.5 cm³/mol. The van der Waals surface area contributed by atoms with Crippen LogP contribution >= 0.6 is 0 Å². The van der Waals surface area contributed by atoms with Crippen LogP contribution in [0.25, 0.3) is 0 Å². The third-order valence-electron chi connectivity index (χ3n) is 3.99. The lowest BCUT2D eigenvalue weighted by Crippen LogP contribution is -2.24. The SMILES string of the molecule is CC1CCC1Cc1ccccc1.[CH2]CCCCC. The monoisotopic (exact) mass is 245 g/mol. The molecule has 0 aromatic heterocycles. The number of hydrogen-bond acceptors (Lipinski definition) is 0. The van der Waals surface area contributed by atoms with E-state index in [1.165, 1.54) is 44.1 Å². The number of unbranched alkanes of at least 4 members (excludes halogenated alkanes) is 3. The molecule has 0 nitrogen and oxygen atoms in total. The minimum Gasteiger partial charge on any atom is -0.0654 e. The summed E-state index contributed by atoms with van der Waals surface area (Å²) in [6, 6.07) is 10.8. The zero-order valence-corrected chi connectivity index (χ0v) is 12.2. The average molecular weight is 245 g/mol. The molecule has 0 amide bonds. The summed E-state index contributed by atoms with van der Waals surface area (Å²) in [4.78, 5) is 0. The van der Waals surface area contributed by atoms with Crippen molar-refractivity contribution in [3.63, 3.8) is 0 Å². The molecule has 2 unspecified atom stereocenters. The molecule has 0 spiro atoms. The molecule has 1 saturated carbocycles. The van der Waals surface area contributed by atoms with E-state index in [1.807, 2.05) is 0 Å². The summed E-state index contributed by atoms with van der Waals surface area (Å²) < 4.78 is 0. The van der Waals surface area contributed by atoms with E-state index < -0.39 is 0 Å². The van der Waals surface area contributed by atoms with Crippen molar-refractivity contribution < 1.29 is 0 Å². The van der Waals surface area contributed by atoms with Crippen LogP contribution in [0, 0.1) is 18.8 Å². The van der Waals surface area contributed by atoms with Crippen LogP contribution < -0.4 is 0 Å². The van der Waals surface area contributed by atoms with Gasteiger partial charge in [-0.05, 0) is 30.2 Å². The first-order chi connectivity index (χ1) is 8.77. The first kappa shape index (κ1) is 15.3. The second-order valence-electron chi connectivity index (χ2n) is 5.57. The molecule has 0 saturated heterocycles. The maximum absolute atomic E-state index is 3.72. The van der Waals surface area contributed by atoms with Gasteiger partial charge in [0.15, 0.2) is 0 Å². The van der Waals surface area contributed by atoms with Crippen LogP contribution in [-0.4, -0.2) is 0 Å². The molecule has 101 valence electrons. The van der Waals surface area contributed by atoms with Gasteiger partial charge >= 0.3 is 0 Å². The maximum Gasteiger partial charge on any atom is -0.0248 e. The van der Waals surface area contributed by atoms with Crippen LogP contribution in [0.5, 0.6) is 0 Å². The third kappa shape index (κ3) is 5.71. The van der Waals surface area contributed by atoms with E-state index in [0.29, 0.717) is 0 Å². The highest BCUT2D eigenvalue weighted by Crippen LogP contribution is 2.35. The van der Waals surface area contributed by atoms with Gasteiger partial charge in [-0.25, -0.2) is 0 Å². The highest BCUT2D eigenvalue weighted by Gasteiger charge is 2.26. The van der Waals surface area contributed by atoms with Gasteiger partial charge in [0.05, 0.1) is 0 Å². The molecule has 0 N–H and O–H groups in total. The van der Waals surface area contributed by atoms with Crippen molar-refractivity contribution in [3.05, 3.63) is 42.8 Å². The summed E-state index contributed by atoms with van der Waals surface area (Å²) >= 11 is 0. The van der Waals surface area contributed by atoms with Crippen LogP contribution in [0.15, 0.2) is 30.3 Å². The highest BCUT2D eigenvalue weighted by atomic mass is 14.3. The van der Waals surface area contributed by atoms with Gasteiger partial charge < -0.3 is 0 Å². The normalized spacial score (nSPS) is 21.7. The molecule has 18 heavy (non-hydrogen) atoms. The zero-order chi connectivity index (χ0) is 13.2. The first-order valence-corrected chi connectivity index (χ1v) is 7.61. The quantitative estimate of drug-likeness (QED) is 0.586. The molecular weight excluding hydrogens is 216 g/mol. The van der Waals surface area contributed by atoms with Crippen LogP contribution in [0.1, 0.15) is 57.9 Å². The van der Waals surface area contributed by atoms with E-state index in [1.54, 1.807) is 0 Å². The lowest BCUT2D eigenvalue weighted by molar-refractivity contribution is 0.196. The van der Waals surface area contributed by atoms with E-state index in [0.717, 1.165) is 18.3 Å². The molecule has 0 heterocycles.